The standard InChI is InChI=1S/C70H46N2/c1-42-36-43(2)70(47-29-33-57-53-20-5-4-16-49(53)50-17-6-9-21-54(50)63-37-45(41-71)28-32-60(63)65(57)39-47)44(3)69(42)46-30-34-58-59-35-31-48(72-67-26-14-12-24-61(67)62-25-13-15-27-68(62)72)40-66(59)56-23-11-8-19-52(56)51-18-7-10-22-55(51)64(58)38-46/h4-40H,1-3H3/i1D3,2D3,3D3. The Kier molecular flexibility index (Phi) is 7.46. The van der Waals surface area contributed by atoms with Crippen molar-refractivity contribution in [3.63, 3.8) is 0 Å². The molecule has 72 heavy (non-hydrogen) atoms. The molecule has 1 heterocycles. The lowest BCUT2D eigenvalue weighted by molar-refractivity contribution is 1.18. The van der Waals surface area contributed by atoms with E-state index in [4.69, 9.17) is 8.22 Å². The molecule has 0 saturated carbocycles. The highest BCUT2D eigenvalue weighted by molar-refractivity contribution is 6.10. The predicted octanol–water partition coefficient (Wildman–Crippen LogP) is 18.9. The summed E-state index contributed by atoms with van der Waals surface area (Å²) in [7, 11) is 0. The highest BCUT2D eigenvalue weighted by Crippen LogP contribution is 2.52. The van der Waals surface area contributed by atoms with Gasteiger partial charge in [0.05, 0.1) is 22.7 Å². The lowest BCUT2D eigenvalue weighted by atomic mass is 9.78. The number of hydrogen-bond donors (Lipinski definition) is 0. The van der Waals surface area contributed by atoms with Gasteiger partial charge in [0.2, 0.25) is 0 Å². The Balaban J connectivity index is 1.05. The highest BCUT2D eigenvalue weighted by Gasteiger charge is 2.27. The second-order valence-electron chi connectivity index (χ2n) is 18.8. The van der Waals surface area contributed by atoms with E-state index in [0.717, 1.165) is 111 Å². The van der Waals surface area contributed by atoms with Gasteiger partial charge < -0.3 is 4.57 Å². The van der Waals surface area contributed by atoms with E-state index >= 15 is 0 Å². The van der Waals surface area contributed by atoms with Crippen LogP contribution in [0.3, 0.4) is 0 Å². The summed E-state index contributed by atoms with van der Waals surface area (Å²) < 4.78 is 85.4. The average Bonchev–Trinajstić information content (AvgIpc) is 3.99. The Morgan fingerprint density at radius 1 is 0.333 bits per heavy atom. The predicted molar refractivity (Wildman–Crippen MR) is 301 cm³/mol. The highest BCUT2D eigenvalue weighted by atomic mass is 15.0. The molecule has 2 aliphatic carbocycles. The molecule has 0 atom stereocenters. The van der Waals surface area contributed by atoms with Crippen LogP contribution in [0.25, 0.3) is 139 Å². The Bertz CT molecular complexity index is 4630. The molecule has 12 aromatic rings. The molecule has 0 aliphatic heterocycles. The maximum absolute atomic E-state index is 10.2. The van der Waals surface area contributed by atoms with Crippen molar-refractivity contribution in [2.24, 2.45) is 0 Å². The van der Waals surface area contributed by atoms with Crippen molar-refractivity contribution in [2.45, 2.75) is 20.6 Å². The van der Waals surface area contributed by atoms with Gasteiger partial charge in [-0.15, -0.1) is 0 Å². The van der Waals surface area contributed by atoms with Crippen LogP contribution in [0.5, 0.6) is 0 Å². The van der Waals surface area contributed by atoms with E-state index in [1.807, 2.05) is 109 Å². The number of nitrogens with zero attached hydrogens (tertiary/aromatic N) is 2. The van der Waals surface area contributed by atoms with Crippen LogP contribution in [0.4, 0.5) is 0 Å². The van der Waals surface area contributed by atoms with Gasteiger partial charge in [0.25, 0.3) is 0 Å². The third-order valence-electron chi connectivity index (χ3n) is 15.0. The van der Waals surface area contributed by atoms with Crippen LogP contribution in [0, 0.1) is 31.9 Å². The largest absolute Gasteiger partial charge is 0.309 e. The molecule has 0 radical (unpaired) electrons. The van der Waals surface area contributed by atoms with Crippen LogP contribution in [-0.4, -0.2) is 4.57 Å². The van der Waals surface area contributed by atoms with Crippen LogP contribution in [0.15, 0.2) is 224 Å². The average molecular weight is 924 g/mol. The van der Waals surface area contributed by atoms with Gasteiger partial charge in [-0.3, -0.25) is 0 Å². The quantitative estimate of drug-likeness (QED) is 0.174. The van der Waals surface area contributed by atoms with Crippen molar-refractivity contribution in [1.29, 1.82) is 5.26 Å². The van der Waals surface area contributed by atoms with Gasteiger partial charge in [0.15, 0.2) is 0 Å². The molecule has 336 valence electrons. The Morgan fingerprint density at radius 2 is 0.694 bits per heavy atom. The summed E-state index contributed by atoms with van der Waals surface area (Å²) in [5.41, 5.74) is 16.8. The van der Waals surface area contributed by atoms with Gasteiger partial charge in [0.1, 0.15) is 0 Å². The van der Waals surface area contributed by atoms with E-state index in [0.29, 0.717) is 16.7 Å². The number of aryl methyl sites for hydroxylation is 2. The number of fused-ring (bicyclic) bond motifs is 19. The van der Waals surface area contributed by atoms with E-state index in [-0.39, 0.29) is 33.4 Å². The van der Waals surface area contributed by atoms with E-state index in [1.54, 1.807) is 18.2 Å². The minimum atomic E-state index is -3.06. The first kappa shape index (κ1) is 33.3. The van der Waals surface area contributed by atoms with Crippen LogP contribution in [-0.2, 0) is 0 Å². The van der Waals surface area contributed by atoms with Gasteiger partial charge in [0, 0.05) is 28.8 Å². The first-order valence-corrected chi connectivity index (χ1v) is 24.1. The summed E-state index contributed by atoms with van der Waals surface area (Å²) in [6, 6.07) is 75.8. The molecule has 0 unspecified atom stereocenters. The minimum Gasteiger partial charge on any atom is -0.309 e. The molecular formula is C70H46N2. The van der Waals surface area contributed by atoms with Crippen LogP contribution >= 0.6 is 0 Å². The molecule has 0 bridgehead atoms. The van der Waals surface area contributed by atoms with Crippen molar-refractivity contribution in [3.05, 3.63) is 247 Å². The first-order chi connectivity index (χ1) is 39.1. The molecule has 2 aliphatic rings. The number of rotatable bonds is 3. The maximum atomic E-state index is 10.2. The molecule has 0 fully saturated rings. The number of nitriles is 1. The number of aromatic nitrogens is 1. The molecule has 0 N–H and O–H groups in total. The van der Waals surface area contributed by atoms with Gasteiger partial charge in [-0.1, -0.05) is 176 Å². The summed E-state index contributed by atoms with van der Waals surface area (Å²) in [4.78, 5) is 0. The van der Waals surface area contributed by atoms with Crippen LogP contribution in [0.1, 0.15) is 34.6 Å². The van der Waals surface area contributed by atoms with E-state index < -0.39 is 20.6 Å². The molecule has 0 saturated heterocycles. The Morgan fingerprint density at radius 3 is 1.14 bits per heavy atom. The third kappa shape index (κ3) is 6.21. The van der Waals surface area contributed by atoms with E-state index in [2.05, 4.69) is 102 Å². The van der Waals surface area contributed by atoms with E-state index in [1.165, 1.54) is 6.07 Å². The molecule has 11 aromatic carbocycles. The molecule has 14 rings (SSSR count). The maximum Gasteiger partial charge on any atom is 0.0991 e. The van der Waals surface area contributed by atoms with Crippen LogP contribution < -0.4 is 0 Å². The molecule has 0 amide bonds. The summed E-state index contributed by atoms with van der Waals surface area (Å²) in [5.74, 6) is 0. The molecule has 1 aromatic heterocycles. The van der Waals surface area contributed by atoms with E-state index in [9.17, 15) is 9.37 Å². The summed E-state index contributed by atoms with van der Waals surface area (Å²) in [5, 5.41) is 12.5. The van der Waals surface area contributed by atoms with Gasteiger partial charge >= 0.3 is 0 Å². The van der Waals surface area contributed by atoms with Crippen molar-refractivity contribution < 1.29 is 12.3 Å². The normalized spacial score (nSPS) is 14.2. The van der Waals surface area contributed by atoms with Gasteiger partial charge in [-0.2, -0.15) is 5.26 Å². The number of hydrogen-bond acceptors (Lipinski definition) is 1. The van der Waals surface area contributed by atoms with Crippen molar-refractivity contribution >= 4 is 21.8 Å². The second kappa shape index (κ2) is 16.1. The van der Waals surface area contributed by atoms with Gasteiger partial charge in [-0.05, 0) is 197 Å². The fourth-order valence-electron chi connectivity index (χ4n) is 11.8. The fraction of sp³-hybridized carbons (Fsp3) is 0.0429. The fourth-order valence-corrected chi connectivity index (χ4v) is 11.8. The lowest BCUT2D eigenvalue weighted by Gasteiger charge is -2.26. The first-order valence-electron chi connectivity index (χ1n) is 28.6. The molecule has 2 heteroatoms. The number of para-hydroxylation sites is 2. The zero-order valence-electron chi connectivity index (χ0n) is 47.8. The minimum absolute atomic E-state index is 0.0762. The summed E-state index contributed by atoms with van der Waals surface area (Å²) in [6.45, 7) is -8.99. The number of benzene rings is 11. The van der Waals surface area contributed by atoms with Crippen molar-refractivity contribution in [2.75, 3.05) is 0 Å². The lowest BCUT2D eigenvalue weighted by Crippen LogP contribution is -2.01. The second-order valence-corrected chi connectivity index (χ2v) is 18.8. The topological polar surface area (TPSA) is 28.7 Å². The Hall–Kier alpha value is -9.29. The smallest absolute Gasteiger partial charge is 0.0991 e. The monoisotopic (exact) mass is 923 g/mol. The van der Waals surface area contributed by atoms with Crippen molar-refractivity contribution in [3.8, 4) is 123 Å². The molecule has 0 spiro atoms. The SMILES string of the molecule is [2H]C([2H])([2H])c1cc(C([2H])([2H])[2H])c(-c2ccc3c(c2)-c2ccc(C#N)cc2-c2ccccc2-c2ccccc2-3)c(C([2H])([2H])[2H])c1-c1ccc2c(c1)-c1ccccc1-c1ccccc1-c1cc(-n3c4ccccc4c4ccccc43)ccc1-2. The van der Waals surface area contributed by atoms with Crippen molar-refractivity contribution in [1.82, 2.24) is 4.57 Å². The Labute approximate surface area is 432 Å². The van der Waals surface area contributed by atoms with Crippen LogP contribution in [0.2, 0.25) is 0 Å². The molecular weight excluding hydrogens is 869 g/mol. The van der Waals surface area contributed by atoms with Gasteiger partial charge in [-0.25, -0.2) is 0 Å². The third-order valence-corrected chi connectivity index (χ3v) is 15.0. The zero-order chi connectivity index (χ0) is 55.7. The zero-order valence-corrected chi connectivity index (χ0v) is 38.8. The molecule has 2 nitrogen and oxygen atoms in total. The summed E-state index contributed by atoms with van der Waals surface area (Å²) >= 11 is 0. The summed E-state index contributed by atoms with van der Waals surface area (Å²) in [6.07, 6.45) is 0.